The van der Waals surface area contributed by atoms with E-state index in [-0.39, 0.29) is 0 Å². The van der Waals surface area contributed by atoms with Gasteiger partial charge in [0.25, 0.3) is 0 Å². The van der Waals surface area contributed by atoms with E-state index in [1.165, 1.54) is 45.3 Å². The van der Waals surface area contributed by atoms with Crippen molar-refractivity contribution in [1.29, 1.82) is 0 Å². The number of nitrogens with one attached hydrogen (secondary N) is 1. The standard InChI is InChI=1S/C14H29N3/c1-4-15-14(12-5-6-12)11-17-9-7-13(8-10-17)16(2)3/h12-15H,4-11H2,1-3H3. The van der Waals surface area contributed by atoms with Crippen molar-refractivity contribution in [2.24, 2.45) is 5.92 Å². The molecule has 2 aliphatic rings. The van der Waals surface area contributed by atoms with E-state index in [1.54, 1.807) is 0 Å². The van der Waals surface area contributed by atoms with E-state index in [1.807, 2.05) is 0 Å². The fraction of sp³-hybridized carbons (Fsp3) is 1.00. The lowest BCUT2D eigenvalue weighted by atomic mass is 10.0. The van der Waals surface area contributed by atoms with Crippen molar-refractivity contribution in [3.63, 3.8) is 0 Å². The van der Waals surface area contributed by atoms with Crippen LogP contribution in [0.15, 0.2) is 0 Å². The fourth-order valence-electron chi connectivity index (χ4n) is 3.04. The molecule has 0 radical (unpaired) electrons. The van der Waals surface area contributed by atoms with E-state index in [9.17, 15) is 0 Å². The van der Waals surface area contributed by atoms with Crippen molar-refractivity contribution in [3.8, 4) is 0 Å². The summed E-state index contributed by atoms with van der Waals surface area (Å²) < 4.78 is 0. The molecule has 0 amide bonds. The van der Waals surface area contributed by atoms with Crippen molar-refractivity contribution >= 4 is 0 Å². The summed E-state index contributed by atoms with van der Waals surface area (Å²) in [5.74, 6) is 0.974. The van der Waals surface area contributed by atoms with Crippen LogP contribution in [-0.4, -0.2) is 62.2 Å². The van der Waals surface area contributed by atoms with E-state index < -0.39 is 0 Å². The van der Waals surface area contributed by atoms with E-state index in [0.29, 0.717) is 0 Å². The van der Waals surface area contributed by atoms with Crippen LogP contribution >= 0.6 is 0 Å². The minimum atomic E-state index is 0.760. The second-order valence-corrected chi connectivity index (χ2v) is 6.00. The highest BCUT2D eigenvalue weighted by Gasteiger charge is 2.32. The molecule has 1 heterocycles. The Kier molecular flexibility index (Phi) is 4.83. The van der Waals surface area contributed by atoms with Gasteiger partial charge < -0.3 is 15.1 Å². The first kappa shape index (κ1) is 13.3. The van der Waals surface area contributed by atoms with Crippen molar-refractivity contribution in [2.45, 2.75) is 44.7 Å². The number of likely N-dealkylation sites (tertiary alicyclic amines) is 1. The molecule has 0 spiro atoms. The predicted molar refractivity (Wildman–Crippen MR) is 73.3 cm³/mol. The average Bonchev–Trinajstić information content (AvgIpc) is 3.13. The van der Waals surface area contributed by atoms with Gasteiger partial charge >= 0.3 is 0 Å². The maximum atomic E-state index is 3.67. The summed E-state index contributed by atoms with van der Waals surface area (Å²) in [6.45, 7) is 7.20. The molecule has 1 saturated heterocycles. The van der Waals surface area contributed by atoms with Gasteiger partial charge in [-0.05, 0) is 65.3 Å². The van der Waals surface area contributed by atoms with Crippen molar-refractivity contribution < 1.29 is 0 Å². The molecule has 1 saturated carbocycles. The lowest BCUT2D eigenvalue weighted by Gasteiger charge is -2.37. The van der Waals surface area contributed by atoms with Crippen LogP contribution in [0.4, 0.5) is 0 Å². The van der Waals surface area contributed by atoms with Crippen LogP contribution in [0.5, 0.6) is 0 Å². The Morgan fingerprint density at radius 1 is 1.18 bits per heavy atom. The highest BCUT2D eigenvalue weighted by atomic mass is 15.2. The number of nitrogens with zero attached hydrogens (tertiary/aromatic N) is 2. The van der Waals surface area contributed by atoms with Gasteiger partial charge in [0.15, 0.2) is 0 Å². The molecular weight excluding hydrogens is 210 g/mol. The molecule has 2 rings (SSSR count). The zero-order valence-electron chi connectivity index (χ0n) is 11.8. The van der Waals surface area contributed by atoms with Crippen LogP contribution in [0.3, 0.4) is 0 Å². The second-order valence-electron chi connectivity index (χ2n) is 6.00. The van der Waals surface area contributed by atoms with E-state index >= 15 is 0 Å². The molecule has 1 N–H and O–H groups in total. The van der Waals surface area contributed by atoms with E-state index in [4.69, 9.17) is 0 Å². The van der Waals surface area contributed by atoms with Gasteiger partial charge in [-0.25, -0.2) is 0 Å². The summed E-state index contributed by atoms with van der Waals surface area (Å²) in [5.41, 5.74) is 0. The van der Waals surface area contributed by atoms with Gasteiger partial charge in [-0.2, -0.15) is 0 Å². The summed E-state index contributed by atoms with van der Waals surface area (Å²) in [6.07, 6.45) is 5.59. The first-order valence-corrected chi connectivity index (χ1v) is 7.33. The Labute approximate surface area is 107 Å². The largest absolute Gasteiger partial charge is 0.313 e. The minimum Gasteiger partial charge on any atom is -0.313 e. The fourth-order valence-corrected chi connectivity index (χ4v) is 3.04. The topological polar surface area (TPSA) is 18.5 Å². The summed E-state index contributed by atoms with van der Waals surface area (Å²) >= 11 is 0. The number of piperidine rings is 1. The van der Waals surface area contributed by atoms with Crippen molar-refractivity contribution in [2.75, 3.05) is 40.3 Å². The zero-order chi connectivity index (χ0) is 12.3. The third kappa shape index (κ3) is 3.94. The molecule has 0 aromatic rings. The first-order chi connectivity index (χ1) is 8.20. The summed E-state index contributed by atoms with van der Waals surface area (Å²) in [7, 11) is 4.43. The van der Waals surface area contributed by atoms with Gasteiger partial charge in [-0.3, -0.25) is 0 Å². The molecule has 3 heteroatoms. The number of hydrogen-bond acceptors (Lipinski definition) is 3. The lowest BCUT2D eigenvalue weighted by molar-refractivity contribution is 0.132. The third-order valence-corrected chi connectivity index (χ3v) is 4.40. The maximum Gasteiger partial charge on any atom is 0.0223 e. The number of hydrogen-bond donors (Lipinski definition) is 1. The van der Waals surface area contributed by atoms with Crippen LogP contribution in [0.2, 0.25) is 0 Å². The van der Waals surface area contributed by atoms with Crippen LogP contribution in [0.25, 0.3) is 0 Å². The molecule has 0 aromatic carbocycles. The Balaban J connectivity index is 1.72. The summed E-state index contributed by atoms with van der Waals surface area (Å²) in [4.78, 5) is 5.06. The highest BCUT2D eigenvalue weighted by Crippen LogP contribution is 2.33. The number of rotatable bonds is 6. The lowest BCUT2D eigenvalue weighted by Crippen LogP contribution is -2.48. The second kappa shape index (κ2) is 6.17. The zero-order valence-corrected chi connectivity index (χ0v) is 11.8. The van der Waals surface area contributed by atoms with E-state index in [0.717, 1.165) is 24.5 Å². The molecule has 2 fully saturated rings. The molecule has 1 unspecified atom stereocenters. The maximum absolute atomic E-state index is 3.67. The Bertz CT molecular complexity index is 218. The first-order valence-electron chi connectivity index (χ1n) is 7.33. The smallest absolute Gasteiger partial charge is 0.0223 e. The monoisotopic (exact) mass is 239 g/mol. The minimum absolute atomic E-state index is 0.760. The number of likely N-dealkylation sites (N-methyl/N-ethyl adjacent to an activating group) is 1. The molecule has 3 nitrogen and oxygen atoms in total. The van der Waals surface area contributed by atoms with Crippen LogP contribution in [0, 0.1) is 5.92 Å². The normalized spacial score (nSPS) is 25.4. The van der Waals surface area contributed by atoms with Crippen molar-refractivity contribution in [3.05, 3.63) is 0 Å². The van der Waals surface area contributed by atoms with Gasteiger partial charge in [0.1, 0.15) is 0 Å². The molecule has 0 bridgehead atoms. The van der Waals surface area contributed by atoms with Crippen LogP contribution in [0.1, 0.15) is 32.6 Å². The van der Waals surface area contributed by atoms with Crippen molar-refractivity contribution in [1.82, 2.24) is 15.1 Å². The highest BCUT2D eigenvalue weighted by molar-refractivity contribution is 4.89. The Morgan fingerprint density at radius 3 is 2.29 bits per heavy atom. The summed E-state index contributed by atoms with van der Waals surface area (Å²) in [5, 5.41) is 3.67. The molecule has 17 heavy (non-hydrogen) atoms. The predicted octanol–water partition coefficient (Wildman–Crippen LogP) is 1.40. The van der Waals surface area contributed by atoms with Gasteiger partial charge in [-0.1, -0.05) is 6.92 Å². The Hall–Kier alpha value is -0.120. The van der Waals surface area contributed by atoms with Gasteiger partial charge in [-0.15, -0.1) is 0 Å². The molecular formula is C14H29N3. The van der Waals surface area contributed by atoms with Gasteiger partial charge in [0, 0.05) is 18.6 Å². The van der Waals surface area contributed by atoms with Crippen LogP contribution in [-0.2, 0) is 0 Å². The summed E-state index contributed by atoms with van der Waals surface area (Å²) in [6, 6.07) is 1.57. The molecule has 1 atom stereocenters. The van der Waals surface area contributed by atoms with Crippen LogP contribution < -0.4 is 5.32 Å². The molecule has 100 valence electrons. The molecule has 1 aliphatic carbocycles. The molecule has 1 aliphatic heterocycles. The van der Waals surface area contributed by atoms with Gasteiger partial charge in [0.2, 0.25) is 0 Å². The third-order valence-electron chi connectivity index (χ3n) is 4.40. The average molecular weight is 239 g/mol. The quantitative estimate of drug-likeness (QED) is 0.756. The SMILES string of the molecule is CCNC(CN1CCC(N(C)C)CC1)C1CC1. The van der Waals surface area contributed by atoms with E-state index in [2.05, 4.69) is 36.1 Å². The Morgan fingerprint density at radius 2 is 1.82 bits per heavy atom. The molecule has 0 aromatic heterocycles. The van der Waals surface area contributed by atoms with Gasteiger partial charge in [0.05, 0.1) is 0 Å².